The molecular weight excluding hydrogens is 342 g/mol. The number of amides is 1. The molecule has 0 saturated carbocycles. The molecule has 0 bridgehead atoms. The standard InChI is InChI=1S/C17H15N3O4S/c1-11-10-19-16(24-2)9-13(11)17(21)20-25(22,23)15-7-3-6-14-12(15)5-4-8-18-14/h3-10H,1-2H3,(H,20,21). The predicted molar refractivity (Wildman–Crippen MR) is 91.9 cm³/mol. The number of pyridine rings is 2. The van der Waals surface area contributed by atoms with Crippen LogP contribution in [-0.4, -0.2) is 31.4 Å². The number of carbonyl (C=O) groups excluding carboxylic acids is 1. The number of hydrogen-bond donors (Lipinski definition) is 1. The Morgan fingerprint density at radius 3 is 2.72 bits per heavy atom. The lowest BCUT2D eigenvalue weighted by Crippen LogP contribution is -2.31. The SMILES string of the molecule is COc1cc(C(=O)NS(=O)(=O)c2cccc3ncccc23)c(C)cn1. The Kier molecular flexibility index (Phi) is 4.37. The number of aryl methyl sites for hydroxylation is 1. The summed E-state index contributed by atoms with van der Waals surface area (Å²) in [5.41, 5.74) is 1.24. The summed E-state index contributed by atoms with van der Waals surface area (Å²) in [6.45, 7) is 1.66. The van der Waals surface area contributed by atoms with Crippen LogP contribution in [0.3, 0.4) is 0 Å². The van der Waals surface area contributed by atoms with E-state index in [-0.39, 0.29) is 16.3 Å². The van der Waals surface area contributed by atoms with Crippen LogP contribution in [0.2, 0.25) is 0 Å². The smallest absolute Gasteiger partial charge is 0.265 e. The van der Waals surface area contributed by atoms with Gasteiger partial charge in [-0.05, 0) is 36.8 Å². The maximum absolute atomic E-state index is 12.7. The Hall–Kier alpha value is -3.00. The van der Waals surface area contributed by atoms with Gasteiger partial charge < -0.3 is 4.74 Å². The number of ether oxygens (including phenoxy) is 1. The molecule has 3 rings (SSSR count). The van der Waals surface area contributed by atoms with Crippen LogP contribution >= 0.6 is 0 Å². The van der Waals surface area contributed by atoms with Crippen molar-refractivity contribution in [1.29, 1.82) is 0 Å². The van der Waals surface area contributed by atoms with E-state index in [1.165, 1.54) is 25.4 Å². The number of aromatic nitrogens is 2. The molecule has 7 nitrogen and oxygen atoms in total. The third kappa shape index (κ3) is 3.29. The van der Waals surface area contributed by atoms with Crippen molar-refractivity contribution >= 4 is 26.8 Å². The third-order valence-corrected chi connectivity index (χ3v) is 5.04. The van der Waals surface area contributed by atoms with E-state index in [1.54, 1.807) is 37.4 Å². The lowest BCUT2D eigenvalue weighted by Gasteiger charge is -2.11. The van der Waals surface area contributed by atoms with E-state index in [4.69, 9.17) is 4.74 Å². The van der Waals surface area contributed by atoms with Crippen molar-refractivity contribution in [1.82, 2.24) is 14.7 Å². The number of nitrogens with one attached hydrogen (secondary N) is 1. The molecule has 1 amide bonds. The van der Waals surface area contributed by atoms with Crippen molar-refractivity contribution in [3.8, 4) is 5.88 Å². The summed E-state index contributed by atoms with van der Waals surface area (Å²) in [4.78, 5) is 20.6. The zero-order valence-corrected chi connectivity index (χ0v) is 14.4. The molecular formula is C17H15N3O4S. The van der Waals surface area contributed by atoms with Gasteiger partial charge in [-0.15, -0.1) is 0 Å². The number of sulfonamides is 1. The van der Waals surface area contributed by atoms with Crippen molar-refractivity contribution in [2.75, 3.05) is 7.11 Å². The van der Waals surface area contributed by atoms with Gasteiger partial charge >= 0.3 is 0 Å². The highest BCUT2D eigenvalue weighted by atomic mass is 32.2. The lowest BCUT2D eigenvalue weighted by atomic mass is 10.1. The first-order valence-corrected chi connectivity index (χ1v) is 8.82. The minimum absolute atomic E-state index is 0.00914. The molecule has 8 heteroatoms. The monoisotopic (exact) mass is 357 g/mol. The maximum Gasteiger partial charge on any atom is 0.265 e. The molecule has 2 aromatic heterocycles. The van der Waals surface area contributed by atoms with Crippen LogP contribution in [-0.2, 0) is 10.0 Å². The molecule has 0 atom stereocenters. The van der Waals surface area contributed by atoms with Crippen molar-refractivity contribution in [2.24, 2.45) is 0 Å². The molecule has 0 aliphatic carbocycles. The lowest BCUT2D eigenvalue weighted by molar-refractivity contribution is 0.0980. The fourth-order valence-corrected chi connectivity index (χ4v) is 3.59. The summed E-state index contributed by atoms with van der Waals surface area (Å²) in [6.07, 6.45) is 3.02. The summed E-state index contributed by atoms with van der Waals surface area (Å²) in [5.74, 6) is -0.526. The van der Waals surface area contributed by atoms with Gasteiger partial charge in [-0.25, -0.2) is 18.1 Å². The van der Waals surface area contributed by atoms with Gasteiger partial charge in [0.2, 0.25) is 5.88 Å². The van der Waals surface area contributed by atoms with Crippen LogP contribution in [0, 0.1) is 6.92 Å². The van der Waals surface area contributed by atoms with Gasteiger partial charge in [-0.2, -0.15) is 0 Å². The summed E-state index contributed by atoms with van der Waals surface area (Å²) < 4.78 is 32.5. The summed E-state index contributed by atoms with van der Waals surface area (Å²) in [6, 6.07) is 9.39. The topological polar surface area (TPSA) is 98.2 Å². The molecule has 0 aliphatic heterocycles. The first-order chi connectivity index (χ1) is 11.9. The van der Waals surface area contributed by atoms with Crippen molar-refractivity contribution in [3.63, 3.8) is 0 Å². The fraction of sp³-hybridized carbons (Fsp3) is 0.118. The number of benzene rings is 1. The van der Waals surface area contributed by atoms with Gasteiger partial charge in [0, 0.05) is 23.8 Å². The molecule has 0 radical (unpaired) electrons. The zero-order chi connectivity index (χ0) is 18.0. The number of hydrogen-bond acceptors (Lipinski definition) is 6. The second-order valence-corrected chi connectivity index (χ2v) is 6.95. The third-order valence-electron chi connectivity index (χ3n) is 3.65. The number of nitrogens with zero attached hydrogens (tertiary/aromatic N) is 2. The Bertz CT molecular complexity index is 1060. The number of methoxy groups -OCH3 is 1. The van der Waals surface area contributed by atoms with Crippen LogP contribution in [0.25, 0.3) is 10.9 Å². The van der Waals surface area contributed by atoms with Crippen LogP contribution < -0.4 is 9.46 Å². The van der Waals surface area contributed by atoms with E-state index in [9.17, 15) is 13.2 Å². The van der Waals surface area contributed by atoms with E-state index in [0.717, 1.165) is 0 Å². The highest BCUT2D eigenvalue weighted by molar-refractivity contribution is 7.90. The van der Waals surface area contributed by atoms with Gasteiger partial charge in [0.1, 0.15) is 0 Å². The van der Waals surface area contributed by atoms with Crippen molar-refractivity contribution in [3.05, 3.63) is 59.9 Å². The van der Waals surface area contributed by atoms with Crippen molar-refractivity contribution < 1.29 is 17.9 Å². The van der Waals surface area contributed by atoms with Gasteiger partial charge in [-0.1, -0.05) is 6.07 Å². The molecule has 0 saturated heterocycles. The van der Waals surface area contributed by atoms with E-state index in [0.29, 0.717) is 16.5 Å². The molecule has 0 unspecified atom stereocenters. The molecule has 25 heavy (non-hydrogen) atoms. The molecule has 1 aromatic carbocycles. The van der Waals surface area contributed by atoms with Crippen LogP contribution in [0.4, 0.5) is 0 Å². The van der Waals surface area contributed by atoms with E-state index in [1.807, 2.05) is 0 Å². The highest BCUT2D eigenvalue weighted by Gasteiger charge is 2.22. The molecule has 128 valence electrons. The average molecular weight is 357 g/mol. The van der Waals surface area contributed by atoms with E-state index in [2.05, 4.69) is 14.7 Å². The predicted octanol–water partition coefficient (Wildman–Crippen LogP) is 2.07. The normalized spacial score (nSPS) is 11.3. The highest BCUT2D eigenvalue weighted by Crippen LogP contribution is 2.22. The number of carbonyl (C=O) groups is 1. The van der Waals surface area contributed by atoms with Gasteiger partial charge in [0.15, 0.2) is 0 Å². The largest absolute Gasteiger partial charge is 0.481 e. The van der Waals surface area contributed by atoms with Crippen LogP contribution in [0.5, 0.6) is 5.88 Å². The van der Waals surface area contributed by atoms with Gasteiger partial charge in [0.25, 0.3) is 15.9 Å². The Balaban J connectivity index is 2.00. The van der Waals surface area contributed by atoms with E-state index < -0.39 is 15.9 Å². The quantitative estimate of drug-likeness (QED) is 0.767. The Labute approximate surface area is 144 Å². The molecule has 1 N–H and O–H groups in total. The first kappa shape index (κ1) is 16.8. The van der Waals surface area contributed by atoms with Gasteiger partial charge in [0.05, 0.1) is 23.1 Å². The minimum Gasteiger partial charge on any atom is -0.481 e. The average Bonchev–Trinajstić information content (AvgIpc) is 2.61. The number of rotatable bonds is 4. The Morgan fingerprint density at radius 2 is 1.96 bits per heavy atom. The minimum atomic E-state index is -4.07. The summed E-state index contributed by atoms with van der Waals surface area (Å²) in [7, 11) is -2.66. The number of fused-ring (bicyclic) bond motifs is 1. The summed E-state index contributed by atoms with van der Waals surface area (Å²) in [5, 5.41) is 0.439. The zero-order valence-electron chi connectivity index (χ0n) is 13.6. The second-order valence-electron chi connectivity index (χ2n) is 5.30. The summed E-state index contributed by atoms with van der Waals surface area (Å²) >= 11 is 0. The maximum atomic E-state index is 12.7. The molecule has 2 heterocycles. The van der Waals surface area contributed by atoms with Gasteiger partial charge in [-0.3, -0.25) is 9.78 Å². The van der Waals surface area contributed by atoms with Crippen LogP contribution in [0.1, 0.15) is 15.9 Å². The van der Waals surface area contributed by atoms with E-state index >= 15 is 0 Å². The molecule has 0 spiro atoms. The Morgan fingerprint density at radius 1 is 1.16 bits per heavy atom. The fourth-order valence-electron chi connectivity index (χ4n) is 2.40. The molecule has 3 aromatic rings. The second kappa shape index (κ2) is 6.48. The molecule has 0 aliphatic rings. The van der Waals surface area contributed by atoms with Crippen molar-refractivity contribution in [2.45, 2.75) is 11.8 Å². The first-order valence-electron chi connectivity index (χ1n) is 7.34. The molecule has 0 fully saturated rings. The van der Waals surface area contributed by atoms with Crippen LogP contribution in [0.15, 0.2) is 53.7 Å².